The fraction of sp³-hybridized carbons (Fsp3) is 0.429. The Morgan fingerprint density at radius 2 is 2.10 bits per heavy atom. The molecule has 1 heterocycles. The minimum Gasteiger partial charge on any atom is -0.326 e. The highest BCUT2D eigenvalue weighted by Gasteiger charge is 2.40. The topological polar surface area (TPSA) is 75.4 Å². The third-order valence-corrected chi connectivity index (χ3v) is 3.64. The lowest BCUT2D eigenvalue weighted by Gasteiger charge is -2.40. The van der Waals surface area contributed by atoms with Crippen LogP contribution in [0, 0.1) is 5.82 Å². The summed E-state index contributed by atoms with van der Waals surface area (Å²) in [6.07, 6.45) is 0. The lowest BCUT2D eigenvalue weighted by atomic mass is 9.97. The van der Waals surface area contributed by atoms with Crippen molar-refractivity contribution in [1.82, 2.24) is 10.2 Å². The smallest absolute Gasteiger partial charge is 0.246 e. The second kappa shape index (κ2) is 5.30. The molecule has 5 nitrogen and oxygen atoms in total. The van der Waals surface area contributed by atoms with Crippen molar-refractivity contribution in [3.63, 3.8) is 0 Å². The van der Waals surface area contributed by atoms with Crippen LogP contribution in [-0.4, -0.2) is 28.8 Å². The Morgan fingerprint density at radius 3 is 2.75 bits per heavy atom. The van der Waals surface area contributed by atoms with Gasteiger partial charge in [0.05, 0.1) is 12.1 Å². The van der Waals surface area contributed by atoms with Gasteiger partial charge in [-0.2, -0.15) is 0 Å². The average molecular weight is 279 g/mol. The number of nitrogens with one attached hydrogen (secondary N) is 1. The molecular formula is C14H18FN3O2. The Hall–Kier alpha value is -1.79. The molecule has 0 aliphatic carbocycles. The largest absolute Gasteiger partial charge is 0.326 e. The van der Waals surface area contributed by atoms with Crippen LogP contribution in [-0.2, 0) is 22.7 Å². The zero-order chi connectivity index (χ0) is 14.9. The molecule has 0 aromatic heterocycles. The van der Waals surface area contributed by atoms with E-state index in [9.17, 15) is 14.0 Å². The highest BCUT2D eigenvalue weighted by Crippen LogP contribution is 2.22. The van der Waals surface area contributed by atoms with Crippen LogP contribution in [0.25, 0.3) is 0 Å². The van der Waals surface area contributed by atoms with Gasteiger partial charge in [0, 0.05) is 18.7 Å². The number of nitrogens with two attached hydrogens (primary N) is 1. The van der Waals surface area contributed by atoms with Gasteiger partial charge in [-0.15, -0.1) is 0 Å². The van der Waals surface area contributed by atoms with E-state index in [4.69, 9.17) is 5.73 Å². The van der Waals surface area contributed by atoms with E-state index in [1.54, 1.807) is 30.9 Å². The standard InChI is InChI=1S/C14H18FN3O2/c1-14(2)13(20)17-12(19)8-18(14)7-10-5-9(6-16)3-4-11(10)15/h3-5H,6-8,16H2,1-2H3,(H,17,19,20). The predicted octanol–water partition coefficient (Wildman–Crippen LogP) is 0.521. The van der Waals surface area contributed by atoms with Gasteiger partial charge in [0.1, 0.15) is 5.82 Å². The van der Waals surface area contributed by atoms with Gasteiger partial charge in [0.2, 0.25) is 11.8 Å². The maximum absolute atomic E-state index is 13.9. The Morgan fingerprint density at radius 1 is 1.40 bits per heavy atom. The summed E-state index contributed by atoms with van der Waals surface area (Å²) in [6.45, 7) is 3.98. The van der Waals surface area contributed by atoms with Crippen LogP contribution >= 0.6 is 0 Å². The maximum Gasteiger partial charge on any atom is 0.246 e. The van der Waals surface area contributed by atoms with E-state index in [2.05, 4.69) is 5.32 Å². The summed E-state index contributed by atoms with van der Waals surface area (Å²) in [5, 5.41) is 2.29. The Labute approximate surface area is 116 Å². The Bertz CT molecular complexity index is 557. The van der Waals surface area contributed by atoms with E-state index >= 15 is 0 Å². The Balaban J connectivity index is 2.28. The minimum absolute atomic E-state index is 0.0605. The third kappa shape index (κ3) is 2.71. The van der Waals surface area contributed by atoms with E-state index in [1.807, 2.05) is 0 Å². The number of benzene rings is 1. The molecule has 0 atom stereocenters. The first kappa shape index (κ1) is 14.6. The number of imide groups is 1. The van der Waals surface area contributed by atoms with Crippen molar-refractivity contribution in [2.75, 3.05) is 6.54 Å². The van der Waals surface area contributed by atoms with Crippen LogP contribution in [0.15, 0.2) is 18.2 Å². The van der Waals surface area contributed by atoms with E-state index in [0.29, 0.717) is 12.1 Å². The van der Waals surface area contributed by atoms with Crippen LogP contribution in [0.2, 0.25) is 0 Å². The summed E-state index contributed by atoms with van der Waals surface area (Å²) in [6, 6.07) is 4.65. The van der Waals surface area contributed by atoms with Crippen molar-refractivity contribution in [3.05, 3.63) is 35.1 Å². The van der Waals surface area contributed by atoms with Gasteiger partial charge < -0.3 is 5.73 Å². The first-order chi connectivity index (χ1) is 9.34. The van der Waals surface area contributed by atoms with Gasteiger partial charge in [-0.05, 0) is 25.5 Å². The molecule has 3 N–H and O–H groups in total. The molecule has 20 heavy (non-hydrogen) atoms. The number of piperazine rings is 1. The first-order valence-corrected chi connectivity index (χ1v) is 6.41. The molecule has 0 radical (unpaired) electrons. The number of rotatable bonds is 3. The molecule has 0 unspecified atom stereocenters. The molecule has 0 saturated carbocycles. The number of halogens is 1. The zero-order valence-electron chi connectivity index (χ0n) is 11.6. The van der Waals surface area contributed by atoms with E-state index in [0.717, 1.165) is 5.56 Å². The fourth-order valence-corrected chi connectivity index (χ4v) is 2.17. The Kier molecular flexibility index (Phi) is 3.87. The summed E-state index contributed by atoms with van der Waals surface area (Å²) in [7, 11) is 0. The van der Waals surface area contributed by atoms with Crippen LogP contribution < -0.4 is 11.1 Å². The molecule has 1 saturated heterocycles. The number of carbonyl (C=O) groups is 2. The lowest BCUT2D eigenvalue weighted by molar-refractivity contribution is -0.145. The molecule has 2 amide bonds. The fourth-order valence-electron chi connectivity index (χ4n) is 2.17. The molecule has 6 heteroatoms. The summed E-state index contributed by atoms with van der Waals surface area (Å²) in [5.41, 5.74) is 5.93. The summed E-state index contributed by atoms with van der Waals surface area (Å²) in [5.74, 6) is -1.11. The third-order valence-electron chi connectivity index (χ3n) is 3.64. The van der Waals surface area contributed by atoms with E-state index < -0.39 is 5.54 Å². The molecule has 1 aromatic carbocycles. The number of amides is 2. The number of hydrogen-bond donors (Lipinski definition) is 2. The van der Waals surface area contributed by atoms with E-state index in [-0.39, 0.29) is 30.7 Å². The van der Waals surface area contributed by atoms with Crippen LogP contribution in [0.1, 0.15) is 25.0 Å². The van der Waals surface area contributed by atoms with Crippen LogP contribution in [0.5, 0.6) is 0 Å². The average Bonchev–Trinajstić information content (AvgIpc) is 2.38. The number of carbonyl (C=O) groups excluding carboxylic acids is 2. The van der Waals surface area contributed by atoms with Gasteiger partial charge in [0.15, 0.2) is 0 Å². The van der Waals surface area contributed by atoms with Gasteiger partial charge in [-0.1, -0.05) is 12.1 Å². The van der Waals surface area contributed by atoms with Gasteiger partial charge in [-0.3, -0.25) is 19.8 Å². The van der Waals surface area contributed by atoms with Crippen molar-refractivity contribution >= 4 is 11.8 Å². The van der Waals surface area contributed by atoms with Gasteiger partial charge in [-0.25, -0.2) is 4.39 Å². The second-order valence-electron chi connectivity index (χ2n) is 5.42. The monoisotopic (exact) mass is 279 g/mol. The molecule has 1 aromatic rings. The van der Waals surface area contributed by atoms with E-state index in [1.165, 1.54) is 6.07 Å². The summed E-state index contributed by atoms with van der Waals surface area (Å²) < 4.78 is 13.9. The van der Waals surface area contributed by atoms with Gasteiger partial charge in [0.25, 0.3) is 0 Å². The van der Waals surface area contributed by atoms with Crippen molar-refractivity contribution in [3.8, 4) is 0 Å². The highest BCUT2D eigenvalue weighted by molar-refractivity contribution is 6.02. The van der Waals surface area contributed by atoms with Crippen molar-refractivity contribution in [2.45, 2.75) is 32.5 Å². The molecule has 108 valence electrons. The molecule has 1 fully saturated rings. The normalized spacial score (nSPS) is 19.0. The van der Waals surface area contributed by atoms with Crippen LogP contribution in [0.4, 0.5) is 4.39 Å². The van der Waals surface area contributed by atoms with Crippen LogP contribution in [0.3, 0.4) is 0 Å². The highest BCUT2D eigenvalue weighted by atomic mass is 19.1. The molecule has 0 spiro atoms. The van der Waals surface area contributed by atoms with Gasteiger partial charge >= 0.3 is 0 Å². The quantitative estimate of drug-likeness (QED) is 0.791. The molecule has 1 aliphatic rings. The number of nitrogens with zero attached hydrogens (tertiary/aromatic N) is 1. The second-order valence-corrected chi connectivity index (χ2v) is 5.42. The zero-order valence-corrected chi connectivity index (χ0v) is 11.6. The minimum atomic E-state index is -0.862. The molecule has 0 bridgehead atoms. The lowest BCUT2D eigenvalue weighted by Crippen LogP contribution is -2.63. The van der Waals surface area contributed by atoms with Crippen molar-refractivity contribution in [2.24, 2.45) is 5.73 Å². The van der Waals surface area contributed by atoms with Crippen molar-refractivity contribution < 1.29 is 14.0 Å². The molecule has 2 rings (SSSR count). The summed E-state index contributed by atoms with van der Waals surface area (Å²) >= 11 is 0. The maximum atomic E-state index is 13.9. The number of hydrogen-bond acceptors (Lipinski definition) is 4. The predicted molar refractivity (Wildman–Crippen MR) is 71.9 cm³/mol. The summed E-state index contributed by atoms with van der Waals surface area (Å²) in [4.78, 5) is 25.0. The molecular weight excluding hydrogens is 261 g/mol. The first-order valence-electron chi connectivity index (χ1n) is 6.41. The SMILES string of the molecule is CC1(C)C(=O)NC(=O)CN1Cc1cc(CN)ccc1F. The molecule has 1 aliphatic heterocycles. The van der Waals surface area contributed by atoms with Crippen molar-refractivity contribution in [1.29, 1.82) is 0 Å².